The lowest BCUT2D eigenvalue weighted by molar-refractivity contribution is 0.413. The van der Waals surface area contributed by atoms with Crippen LogP contribution in [0.2, 0.25) is 0 Å². The Morgan fingerprint density at radius 2 is 1.33 bits per heavy atom. The fourth-order valence-electron chi connectivity index (χ4n) is 2.85. The Balaban J connectivity index is 1.88. The molecule has 0 saturated carbocycles. The highest BCUT2D eigenvalue weighted by Crippen LogP contribution is 2.24. The highest BCUT2D eigenvalue weighted by Gasteiger charge is 2.24. The van der Waals surface area contributed by atoms with Gasteiger partial charge in [-0.2, -0.15) is 9.57 Å². The van der Waals surface area contributed by atoms with Gasteiger partial charge in [-0.05, 0) is 28.8 Å². The van der Waals surface area contributed by atoms with Crippen LogP contribution in [0.4, 0.5) is 0 Å². The predicted octanol–water partition coefficient (Wildman–Crippen LogP) is 4.46. The van der Waals surface area contributed by atoms with Crippen LogP contribution in [-0.2, 0) is 16.6 Å². The molecule has 0 unspecified atom stereocenters. The molecular weight excluding hydrogens is 356 g/mol. The van der Waals surface area contributed by atoms with Crippen LogP contribution >= 0.6 is 0 Å². The predicted molar refractivity (Wildman–Crippen MR) is 106 cm³/mol. The Morgan fingerprint density at radius 3 is 1.93 bits per heavy atom. The van der Waals surface area contributed by atoms with Gasteiger partial charge >= 0.3 is 0 Å². The van der Waals surface area contributed by atoms with E-state index in [1.807, 2.05) is 78.9 Å². The summed E-state index contributed by atoms with van der Waals surface area (Å²) in [6, 6.07) is 28.1. The van der Waals surface area contributed by atoms with E-state index < -0.39 is 10.0 Å². The summed E-state index contributed by atoms with van der Waals surface area (Å²) in [5.74, 6) is 0. The van der Waals surface area contributed by atoms with Gasteiger partial charge in [0.05, 0.1) is 11.0 Å². The molecule has 4 nitrogen and oxygen atoms in total. The molecule has 5 heteroatoms. The third-order valence-corrected chi connectivity index (χ3v) is 6.13. The smallest absolute Gasteiger partial charge is 0.207 e. The summed E-state index contributed by atoms with van der Waals surface area (Å²) in [5, 5.41) is 8.91. The zero-order valence-corrected chi connectivity index (χ0v) is 15.6. The summed E-state index contributed by atoms with van der Waals surface area (Å²) in [6.45, 7) is 0.402. The summed E-state index contributed by atoms with van der Waals surface area (Å²) in [7, 11) is -3.69. The van der Waals surface area contributed by atoms with Crippen molar-refractivity contribution in [3.05, 3.63) is 90.5 Å². The highest BCUT2D eigenvalue weighted by atomic mass is 32.2. The van der Waals surface area contributed by atoms with Crippen molar-refractivity contribution in [1.82, 2.24) is 4.31 Å². The molecule has 0 heterocycles. The second-order valence-electron chi connectivity index (χ2n) is 6.12. The molecule has 0 radical (unpaired) electrons. The molecule has 3 rings (SSSR count). The zero-order valence-electron chi connectivity index (χ0n) is 14.8. The molecule has 0 aliphatic rings. The van der Waals surface area contributed by atoms with Crippen molar-refractivity contribution in [2.75, 3.05) is 6.54 Å². The Hall–Kier alpha value is -2.94. The van der Waals surface area contributed by atoms with E-state index in [1.54, 1.807) is 12.1 Å². The Morgan fingerprint density at radius 1 is 0.778 bits per heavy atom. The van der Waals surface area contributed by atoms with Gasteiger partial charge < -0.3 is 0 Å². The average Bonchev–Trinajstić information content (AvgIpc) is 2.72. The molecule has 0 N–H and O–H groups in total. The molecule has 0 aliphatic carbocycles. The minimum Gasteiger partial charge on any atom is -0.207 e. The first-order valence-electron chi connectivity index (χ1n) is 8.68. The topological polar surface area (TPSA) is 61.2 Å². The number of rotatable bonds is 7. The van der Waals surface area contributed by atoms with Crippen LogP contribution < -0.4 is 0 Å². The van der Waals surface area contributed by atoms with Gasteiger partial charge in [0.15, 0.2) is 0 Å². The third kappa shape index (κ3) is 4.62. The van der Waals surface area contributed by atoms with E-state index in [4.69, 9.17) is 5.26 Å². The minimum atomic E-state index is -3.69. The van der Waals surface area contributed by atoms with Crippen LogP contribution in [0.5, 0.6) is 0 Å². The van der Waals surface area contributed by atoms with Crippen LogP contribution in [-0.4, -0.2) is 19.3 Å². The van der Waals surface area contributed by atoms with Crippen molar-refractivity contribution >= 4 is 10.0 Å². The molecule has 0 bridgehead atoms. The average molecular weight is 376 g/mol. The van der Waals surface area contributed by atoms with Crippen molar-refractivity contribution in [1.29, 1.82) is 5.26 Å². The van der Waals surface area contributed by atoms with E-state index in [-0.39, 0.29) is 24.4 Å². The number of nitriles is 1. The standard InChI is InChI=1S/C22H20N2O2S/c23-16-7-17-24(18-19-8-3-1-4-9-19)27(25,26)22-14-12-21(13-15-22)20-10-5-2-6-11-20/h1-6,8-15H,7,17-18H2. The second kappa shape index (κ2) is 8.63. The molecule has 3 aromatic carbocycles. The maximum atomic E-state index is 13.1. The highest BCUT2D eigenvalue weighted by molar-refractivity contribution is 7.89. The number of nitrogens with zero attached hydrogens (tertiary/aromatic N) is 2. The Labute approximate surface area is 160 Å². The summed E-state index contributed by atoms with van der Waals surface area (Å²) in [5.41, 5.74) is 2.88. The number of sulfonamides is 1. The van der Waals surface area contributed by atoms with Gasteiger partial charge in [-0.1, -0.05) is 72.8 Å². The monoisotopic (exact) mass is 376 g/mol. The van der Waals surface area contributed by atoms with Crippen molar-refractivity contribution in [2.45, 2.75) is 17.9 Å². The van der Waals surface area contributed by atoms with Gasteiger partial charge in [0.25, 0.3) is 0 Å². The molecule has 136 valence electrons. The van der Waals surface area contributed by atoms with Gasteiger partial charge in [0.2, 0.25) is 10.0 Å². The molecule has 0 aliphatic heterocycles. The molecule has 3 aromatic rings. The lowest BCUT2D eigenvalue weighted by Crippen LogP contribution is -2.31. The lowest BCUT2D eigenvalue weighted by Gasteiger charge is -2.21. The lowest BCUT2D eigenvalue weighted by atomic mass is 10.1. The quantitative estimate of drug-likeness (QED) is 0.612. The van der Waals surface area contributed by atoms with Crippen LogP contribution in [0.25, 0.3) is 11.1 Å². The van der Waals surface area contributed by atoms with Crippen LogP contribution in [0.1, 0.15) is 12.0 Å². The van der Waals surface area contributed by atoms with Crippen molar-refractivity contribution in [3.63, 3.8) is 0 Å². The van der Waals surface area contributed by atoms with Gasteiger partial charge in [-0.15, -0.1) is 0 Å². The van der Waals surface area contributed by atoms with Gasteiger partial charge in [-0.3, -0.25) is 0 Å². The van der Waals surface area contributed by atoms with E-state index in [1.165, 1.54) is 4.31 Å². The first kappa shape index (κ1) is 18.8. The van der Waals surface area contributed by atoms with Crippen molar-refractivity contribution < 1.29 is 8.42 Å². The van der Waals surface area contributed by atoms with Crippen LogP contribution in [0, 0.1) is 11.3 Å². The van der Waals surface area contributed by atoms with Gasteiger partial charge in [0.1, 0.15) is 0 Å². The van der Waals surface area contributed by atoms with Crippen LogP contribution in [0.15, 0.2) is 89.8 Å². The van der Waals surface area contributed by atoms with E-state index in [0.29, 0.717) is 0 Å². The molecule has 0 spiro atoms. The molecular formula is C22H20N2O2S. The summed E-state index contributed by atoms with van der Waals surface area (Å²) in [6.07, 6.45) is 0.147. The number of hydrogen-bond acceptors (Lipinski definition) is 3. The maximum Gasteiger partial charge on any atom is 0.243 e. The Kier molecular flexibility index (Phi) is 6.02. The third-order valence-electron chi connectivity index (χ3n) is 4.27. The second-order valence-corrected chi connectivity index (χ2v) is 8.06. The minimum absolute atomic E-state index is 0.147. The summed E-state index contributed by atoms with van der Waals surface area (Å²) in [4.78, 5) is 0.232. The maximum absolute atomic E-state index is 13.1. The molecule has 0 aromatic heterocycles. The first-order valence-corrected chi connectivity index (χ1v) is 10.1. The molecule has 0 saturated heterocycles. The number of hydrogen-bond donors (Lipinski definition) is 0. The van der Waals surface area contributed by atoms with Crippen molar-refractivity contribution in [3.8, 4) is 17.2 Å². The zero-order chi connectivity index (χ0) is 19.1. The van der Waals surface area contributed by atoms with Crippen LogP contribution in [0.3, 0.4) is 0 Å². The first-order chi connectivity index (χ1) is 13.1. The van der Waals surface area contributed by atoms with Gasteiger partial charge in [0, 0.05) is 19.5 Å². The van der Waals surface area contributed by atoms with E-state index in [0.717, 1.165) is 16.7 Å². The molecule has 0 amide bonds. The molecule has 27 heavy (non-hydrogen) atoms. The van der Waals surface area contributed by atoms with E-state index >= 15 is 0 Å². The van der Waals surface area contributed by atoms with E-state index in [2.05, 4.69) is 0 Å². The largest absolute Gasteiger partial charge is 0.243 e. The summed E-state index contributed by atoms with van der Waals surface area (Å²) < 4.78 is 27.6. The fourth-order valence-corrected chi connectivity index (χ4v) is 4.27. The van der Waals surface area contributed by atoms with E-state index in [9.17, 15) is 8.42 Å². The molecule has 0 atom stereocenters. The summed E-state index contributed by atoms with van der Waals surface area (Å²) >= 11 is 0. The SMILES string of the molecule is N#CCCN(Cc1ccccc1)S(=O)(=O)c1ccc(-c2ccccc2)cc1. The van der Waals surface area contributed by atoms with Gasteiger partial charge in [-0.25, -0.2) is 8.42 Å². The normalized spacial score (nSPS) is 11.3. The molecule has 0 fully saturated rings. The fraction of sp³-hybridized carbons (Fsp3) is 0.136. The Bertz CT molecular complexity index is 1010. The van der Waals surface area contributed by atoms with Crippen molar-refractivity contribution in [2.24, 2.45) is 0 Å². The number of benzene rings is 3.